The topological polar surface area (TPSA) is 106 Å². The van der Waals surface area contributed by atoms with Crippen molar-refractivity contribution in [2.75, 3.05) is 13.2 Å². The summed E-state index contributed by atoms with van der Waals surface area (Å²) in [5, 5.41) is 14.1. The average Bonchev–Trinajstić information content (AvgIpc) is 2.19. The Labute approximate surface area is 88.8 Å². The number of sulfonamides is 1. The Kier molecular flexibility index (Phi) is 3.81. The molecular weight excluding hydrogens is 216 g/mol. The lowest BCUT2D eigenvalue weighted by Crippen LogP contribution is -2.21. The summed E-state index contributed by atoms with van der Waals surface area (Å²) < 4.78 is 22.5. The Bertz CT molecular complexity index is 427. The van der Waals surface area contributed by atoms with Crippen molar-refractivity contribution >= 4 is 10.0 Å². The molecule has 0 radical (unpaired) electrons. The third-order valence-corrected chi connectivity index (χ3v) is 3.16. The second-order valence-corrected chi connectivity index (χ2v) is 4.73. The summed E-state index contributed by atoms with van der Waals surface area (Å²) in [4.78, 5) is 0.0227. The summed E-state index contributed by atoms with van der Waals surface area (Å²) in [6.07, 6.45) is 0. The molecule has 6 heteroatoms. The molecule has 1 rings (SSSR count). The summed E-state index contributed by atoms with van der Waals surface area (Å²) in [5.41, 5.74) is 5.89. The first kappa shape index (κ1) is 12.1. The van der Waals surface area contributed by atoms with Crippen molar-refractivity contribution in [2.24, 2.45) is 10.9 Å². The SMILES string of the molecule is NCC(CO)c1ccccc1S(N)(=O)=O. The monoisotopic (exact) mass is 230 g/mol. The third-order valence-electron chi connectivity index (χ3n) is 2.17. The molecule has 1 aromatic rings. The largest absolute Gasteiger partial charge is 0.396 e. The van der Waals surface area contributed by atoms with E-state index in [0.29, 0.717) is 5.56 Å². The number of hydrogen-bond acceptors (Lipinski definition) is 4. The van der Waals surface area contributed by atoms with Crippen LogP contribution in [0.15, 0.2) is 29.2 Å². The summed E-state index contributed by atoms with van der Waals surface area (Å²) in [6, 6.07) is 6.27. The molecule has 1 atom stereocenters. The van der Waals surface area contributed by atoms with E-state index >= 15 is 0 Å². The fourth-order valence-electron chi connectivity index (χ4n) is 1.38. The van der Waals surface area contributed by atoms with E-state index in [9.17, 15) is 8.42 Å². The standard InChI is InChI=1S/C9H14N2O3S/c10-5-7(6-12)8-3-1-2-4-9(8)15(11,13)14/h1-4,7,12H,5-6,10H2,(H2,11,13,14). The van der Waals surface area contributed by atoms with Gasteiger partial charge in [0.25, 0.3) is 0 Å². The van der Waals surface area contributed by atoms with Crippen LogP contribution in [0.1, 0.15) is 11.5 Å². The van der Waals surface area contributed by atoms with Gasteiger partial charge in [-0.05, 0) is 11.6 Å². The van der Waals surface area contributed by atoms with E-state index in [2.05, 4.69) is 0 Å². The van der Waals surface area contributed by atoms with Crippen molar-refractivity contribution in [3.05, 3.63) is 29.8 Å². The number of rotatable bonds is 4. The first-order valence-corrected chi connectivity index (χ1v) is 5.98. The van der Waals surface area contributed by atoms with Crippen LogP contribution in [0.5, 0.6) is 0 Å². The van der Waals surface area contributed by atoms with Crippen LogP contribution in [0, 0.1) is 0 Å². The number of nitrogens with two attached hydrogens (primary N) is 2. The van der Waals surface area contributed by atoms with E-state index in [4.69, 9.17) is 16.0 Å². The number of aliphatic hydroxyl groups is 1. The minimum absolute atomic E-state index is 0.0227. The van der Waals surface area contributed by atoms with E-state index in [0.717, 1.165) is 0 Å². The van der Waals surface area contributed by atoms with Gasteiger partial charge in [-0.15, -0.1) is 0 Å². The highest BCUT2D eigenvalue weighted by Gasteiger charge is 2.18. The fraction of sp³-hybridized carbons (Fsp3) is 0.333. The van der Waals surface area contributed by atoms with Crippen molar-refractivity contribution in [2.45, 2.75) is 10.8 Å². The number of benzene rings is 1. The van der Waals surface area contributed by atoms with Crippen molar-refractivity contribution < 1.29 is 13.5 Å². The quantitative estimate of drug-likeness (QED) is 0.640. The highest BCUT2D eigenvalue weighted by atomic mass is 32.2. The highest BCUT2D eigenvalue weighted by Crippen LogP contribution is 2.21. The van der Waals surface area contributed by atoms with Crippen LogP contribution < -0.4 is 10.9 Å². The van der Waals surface area contributed by atoms with Gasteiger partial charge >= 0.3 is 0 Å². The fourth-order valence-corrected chi connectivity index (χ4v) is 2.21. The number of hydrogen-bond donors (Lipinski definition) is 3. The minimum atomic E-state index is -3.77. The minimum Gasteiger partial charge on any atom is -0.396 e. The highest BCUT2D eigenvalue weighted by molar-refractivity contribution is 7.89. The predicted octanol–water partition coefficient (Wildman–Crippen LogP) is -0.631. The molecule has 0 saturated carbocycles. The van der Waals surface area contributed by atoms with Crippen LogP contribution in [-0.2, 0) is 10.0 Å². The summed E-state index contributed by atoms with van der Waals surface area (Å²) in [5.74, 6) is -0.403. The molecule has 0 saturated heterocycles. The molecule has 0 aliphatic heterocycles. The van der Waals surface area contributed by atoms with Crippen molar-refractivity contribution in [3.63, 3.8) is 0 Å². The average molecular weight is 230 g/mol. The Morgan fingerprint density at radius 3 is 2.40 bits per heavy atom. The van der Waals surface area contributed by atoms with Crippen LogP contribution in [0.2, 0.25) is 0 Å². The third kappa shape index (κ3) is 2.75. The smallest absolute Gasteiger partial charge is 0.238 e. The predicted molar refractivity (Wildman–Crippen MR) is 56.7 cm³/mol. The molecule has 0 heterocycles. The molecule has 5 nitrogen and oxygen atoms in total. The Morgan fingerprint density at radius 2 is 1.93 bits per heavy atom. The molecule has 0 amide bonds. The maximum Gasteiger partial charge on any atom is 0.238 e. The number of aliphatic hydroxyl groups excluding tert-OH is 1. The Hall–Kier alpha value is -0.950. The zero-order chi connectivity index (χ0) is 11.5. The molecule has 0 aliphatic carbocycles. The maximum atomic E-state index is 11.2. The lowest BCUT2D eigenvalue weighted by molar-refractivity contribution is 0.266. The molecule has 15 heavy (non-hydrogen) atoms. The van der Waals surface area contributed by atoms with Gasteiger partial charge in [-0.3, -0.25) is 0 Å². The van der Waals surface area contributed by atoms with Gasteiger partial charge in [0.05, 0.1) is 11.5 Å². The molecule has 0 aliphatic rings. The van der Waals surface area contributed by atoms with Gasteiger partial charge in [-0.1, -0.05) is 18.2 Å². The van der Waals surface area contributed by atoms with Gasteiger partial charge in [0.1, 0.15) is 0 Å². The molecule has 1 aromatic carbocycles. The summed E-state index contributed by atoms with van der Waals surface area (Å²) in [7, 11) is -3.77. The summed E-state index contributed by atoms with van der Waals surface area (Å²) in [6.45, 7) is -0.0356. The van der Waals surface area contributed by atoms with Gasteiger partial charge in [0.15, 0.2) is 0 Å². The van der Waals surface area contributed by atoms with E-state index in [1.807, 2.05) is 0 Å². The van der Waals surface area contributed by atoms with Crippen LogP contribution in [0.3, 0.4) is 0 Å². The molecule has 0 bridgehead atoms. The Morgan fingerprint density at radius 1 is 1.33 bits per heavy atom. The molecule has 0 spiro atoms. The first-order valence-electron chi connectivity index (χ1n) is 4.43. The van der Waals surface area contributed by atoms with Crippen molar-refractivity contribution in [3.8, 4) is 0 Å². The van der Waals surface area contributed by atoms with E-state index in [-0.39, 0.29) is 18.0 Å². The zero-order valence-corrected chi connectivity index (χ0v) is 8.94. The normalized spacial score (nSPS) is 13.8. The molecule has 1 unspecified atom stereocenters. The first-order chi connectivity index (χ1) is 7.00. The lowest BCUT2D eigenvalue weighted by atomic mass is 10.0. The van der Waals surface area contributed by atoms with Crippen LogP contribution in [0.4, 0.5) is 0 Å². The van der Waals surface area contributed by atoms with E-state index in [1.54, 1.807) is 18.2 Å². The van der Waals surface area contributed by atoms with Crippen molar-refractivity contribution in [1.29, 1.82) is 0 Å². The molecule has 0 aromatic heterocycles. The lowest BCUT2D eigenvalue weighted by Gasteiger charge is -2.15. The van der Waals surface area contributed by atoms with E-state index in [1.165, 1.54) is 6.07 Å². The summed E-state index contributed by atoms with van der Waals surface area (Å²) >= 11 is 0. The van der Waals surface area contributed by atoms with E-state index < -0.39 is 15.9 Å². The zero-order valence-electron chi connectivity index (χ0n) is 8.13. The van der Waals surface area contributed by atoms with Crippen LogP contribution >= 0.6 is 0 Å². The number of primary sulfonamides is 1. The van der Waals surface area contributed by atoms with Gasteiger partial charge in [0.2, 0.25) is 10.0 Å². The van der Waals surface area contributed by atoms with Gasteiger partial charge in [-0.25, -0.2) is 13.6 Å². The van der Waals surface area contributed by atoms with Gasteiger partial charge in [0, 0.05) is 12.5 Å². The van der Waals surface area contributed by atoms with Crippen molar-refractivity contribution in [1.82, 2.24) is 0 Å². The van der Waals surface area contributed by atoms with Gasteiger partial charge < -0.3 is 10.8 Å². The molecular formula is C9H14N2O3S. The van der Waals surface area contributed by atoms with Gasteiger partial charge in [-0.2, -0.15) is 0 Å². The second kappa shape index (κ2) is 4.71. The second-order valence-electron chi connectivity index (χ2n) is 3.20. The molecule has 0 fully saturated rings. The van der Waals surface area contributed by atoms with Crippen LogP contribution in [0.25, 0.3) is 0 Å². The van der Waals surface area contributed by atoms with Crippen LogP contribution in [-0.4, -0.2) is 26.7 Å². The molecule has 84 valence electrons. The Balaban J connectivity index is 3.29. The molecule has 5 N–H and O–H groups in total. The maximum absolute atomic E-state index is 11.2.